The molecule has 5 saturated carbocycles. The molecular weight excluding hydrogens is 392 g/mol. The zero-order valence-electron chi connectivity index (χ0n) is 21.7. The van der Waals surface area contributed by atoms with Gasteiger partial charge in [-0.15, -0.1) is 0 Å². The third-order valence-electron chi connectivity index (χ3n) is 13.3. The zero-order valence-corrected chi connectivity index (χ0v) is 21.7. The second-order valence-corrected chi connectivity index (χ2v) is 14.4. The van der Waals surface area contributed by atoms with Crippen LogP contribution in [0.3, 0.4) is 0 Å². The van der Waals surface area contributed by atoms with E-state index in [2.05, 4.69) is 48.1 Å². The fraction of sp³-hybridized carbons (Fsp3) is 0.900. The second kappa shape index (κ2) is 6.96. The first kappa shape index (κ1) is 23.1. The zero-order chi connectivity index (χ0) is 23.3. The van der Waals surface area contributed by atoms with E-state index in [1.54, 1.807) is 0 Å². The van der Waals surface area contributed by atoms with Crippen LogP contribution in [0.5, 0.6) is 0 Å². The summed E-state index contributed by atoms with van der Waals surface area (Å²) < 4.78 is 0. The molecule has 0 saturated heterocycles. The van der Waals surface area contributed by atoms with Gasteiger partial charge in [0, 0.05) is 5.41 Å². The normalized spacial score (nSPS) is 56.3. The van der Waals surface area contributed by atoms with Crippen LogP contribution in [-0.2, 0) is 4.79 Å². The number of carbonyl (C=O) groups excluding carboxylic acids is 1. The first-order valence-electron chi connectivity index (χ1n) is 13.7. The van der Waals surface area contributed by atoms with E-state index in [-0.39, 0.29) is 16.9 Å². The van der Waals surface area contributed by atoms with Crippen LogP contribution < -0.4 is 0 Å². The smallest absolute Gasteiger partial charge is 0.126 e. The number of allylic oxidation sites excluding steroid dienone is 1. The van der Waals surface area contributed by atoms with E-state index in [1.165, 1.54) is 50.4 Å². The topological polar surface area (TPSA) is 37.3 Å². The molecule has 180 valence electrons. The molecule has 0 bridgehead atoms. The molecule has 32 heavy (non-hydrogen) atoms. The van der Waals surface area contributed by atoms with Crippen molar-refractivity contribution in [2.75, 3.05) is 0 Å². The van der Waals surface area contributed by atoms with Gasteiger partial charge in [-0.25, -0.2) is 0 Å². The molecule has 0 aromatic heterocycles. The van der Waals surface area contributed by atoms with Crippen LogP contribution in [0.4, 0.5) is 0 Å². The van der Waals surface area contributed by atoms with Crippen LogP contribution in [0.25, 0.3) is 0 Å². The van der Waals surface area contributed by atoms with Gasteiger partial charge in [-0.1, -0.05) is 46.8 Å². The summed E-state index contributed by atoms with van der Waals surface area (Å²) in [4.78, 5) is 12.6. The van der Waals surface area contributed by atoms with E-state index in [9.17, 15) is 9.90 Å². The third kappa shape index (κ3) is 2.60. The summed E-state index contributed by atoms with van der Waals surface area (Å²) in [6.07, 6.45) is 13.1. The van der Waals surface area contributed by atoms with Crippen molar-refractivity contribution < 1.29 is 9.90 Å². The van der Waals surface area contributed by atoms with Crippen LogP contribution in [0.2, 0.25) is 0 Å². The first-order chi connectivity index (χ1) is 14.9. The van der Waals surface area contributed by atoms with Crippen molar-refractivity contribution in [3.05, 3.63) is 12.2 Å². The fourth-order valence-corrected chi connectivity index (χ4v) is 11.4. The largest absolute Gasteiger partial charge is 0.393 e. The molecule has 1 N–H and O–H groups in total. The van der Waals surface area contributed by atoms with E-state index >= 15 is 0 Å². The highest BCUT2D eigenvalue weighted by Crippen LogP contribution is 2.77. The lowest BCUT2D eigenvalue weighted by atomic mass is 9.32. The Balaban J connectivity index is 1.56. The van der Waals surface area contributed by atoms with Crippen molar-refractivity contribution >= 4 is 6.29 Å². The molecule has 2 heteroatoms. The number of aldehydes is 1. The molecule has 10 atom stereocenters. The number of rotatable bonds is 2. The second-order valence-electron chi connectivity index (χ2n) is 14.4. The highest BCUT2D eigenvalue weighted by molar-refractivity contribution is 5.62. The average Bonchev–Trinajstić information content (AvgIpc) is 3.12. The lowest BCUT2D eigenvalue weighted by Crippen LogP contribution is -2.66. The summed E-state index contributed by atoms with van der Waals surface area (Å²) in [5, 5.41) is 10.9. The van der Waals surface area contributed by atoms with Crippen molar-refractivity contribution in [2.24, 2.45) is 56.7 Å². The Bertz CT molecular complexity index is 814. The summed E-state index contributed by atoms with van der Waals surface area (Å²) in [6.45, 7) is 19.2. The standard InChI is InChI=1S/C30H48O2/c1-19(2)20-10-15-30(18-31)17-16-28(6)21(25(20)30)8-9-23-27(5)13-12-24(32)26(3,4)22(27)11-14-29(23,28)7/h18,20-25,32H,1,8-17H2,2-7H3/t20-,21-,22+,23+,24-,25-,27-,28+,29+,30+/m0/s1. The molecule has 0 spiro atoms. The molecule has 5 aliphatic rings. The van der Waals surface area contributed by atoms with Crippen LogP contribution in [0.1, 0.15) is 106 Å². The van der Waals surface area contributed by atoms with Crippen molar-refractivity contribution in [1.29, 1.82) is 0 Å². The predicted octanol–water partition coefficient (Wildman–Crippen LogP) is 7.20. The van der Waals surface area contributed by atoms with Gasteiger partial charge in [-0.2, -0.15) is 0 Å². The molecule has 0 aromatic rings. The van der Waals surface area contributed by atoms with Gasteiger partial charge in [0.1, 0.15) is 6.29 Å². The number of hydrogen-bond acceptors (Lipinski definition) is 2. The Morgan fingerprint density at radius 2 is 1.56 bits per heavy atom. The van der Waals surface area contributed by atoms with Gasteiger partial charge in [-0.3, -0.25) is 0 Å². The average molecular weight is 441 g/mol. The Morgan fingerprint density at radius 3 is 2.22 bits per heavy atom. The van der Waals surface area contributed by atoms with Gasteiger partial charge in [0.25, 0.3) is 0 Å². The maximum atomic E-state index is 12.6. The minimum atomic E-state index is -0.158. The van der Waals surface area contributed by atoms with Gasteiger partial charge in [0.2, 0.25) is 0 Å². The molecule has 5 aliphatic carbocycles. The van der Waals surface area contributed by atoms with Crippen molar-refractivity contribution in [1.82, 2.24) is 0 Å². The first-order valence-corrected chi connectivity index (χ1v) is 13.7. The summed E-state index contributed by atoms with van der Waals surface area (Å²) >= 11 is 0. The SMILES string of the molecule is C=C(C)[C@@H]1CC[C@]2(C=O)CC[C@]3(C)[C@@H](CC[C@@H]4[C@@]5(C)CC[C@H](O)C(C)(C)[C@H]5CC[C@]43C)[C@H]12. The molecule has 0 unspecified atom stereocenters. The molecule has 5 rings (SSSR count). The highest BCUT2D eigenvalue weighted by atomic mass is 16.3. The molecule has 0 amide bonds. The fourth-order valence-electron chi connectivity index (χ4n) is 11.4. The molecule has 0 heterocycles. The van der Waals surface area contributed by atoms with Gasteiger partial charge >= 0.3 is 0 Å². The molecule has 0 aliphatic heterocycles. The van der Waals surface area contributed by atoms with E-state index in [4.69, 9.17) is 0 Å². The summed E-state index contributed by atoms with van der Waals surface area (Å²) in [6, 6.07) is 0. The summed E-state index contributed by atoms with van der Waals surface area (Å²) in [5.74, 6) is 3.03. The maximum Gasteiger partial charge on any atom is 0.126 e. The summed E-state index contributed by atoms with van der Waals surface area (Å²) in [7, 11) is 0. The van der Waals surface area contributed by atoms with Gasteiger partial charge in [0.15, 0.2) is 0 Å². The van der Waals surface area contributed by atoms with E-state index in [0.717, 1.165) is 31.6 Å². The Labute approximate surface area is 197 Å². The Kier molecular flexibility index (Phi) is 5.03. The number of hydrogen-bond donors (Lipinski definition) is 1. The number of aliphatic hydroxyl groups is 1. The molecule has 0 aromatic carbocycles. The van der Waals surface area contributed by atoms with Gasteiger partial charge in [0.05, 0.1) is 6.10 Å². The maximum absolute atomic E-state index is 12.6. The van der Waals surface area contributed by atoms with Crippen LogP contribution in [0, 0.1) is 56.7 Å². The minimum absolute atomic E-state index is 0.0157. The quantitative estimate of drug-likeness (QED) is 0.364. The number of carbonyl (C=O) groups is 1. The van der Waals surface area contributed by atoms with E-state index < -0.39 is 0 Å². The van der Waals surface area contributed by atoms with Crippen LogP contribution in [-0.4, -0.2) is 17.5 Å². The molecule has 2 nitrogen and oxygen atoms in total. The number of aliphatic hydroxyl groups excluding tert-OH is 1. The van der Waals surface area contributed by atoms with E-state index in [1.807, 2.05) is 0 Å². The van der Waals surface area contributed by atoms with Crippen molar-refractivity contribution in [3.63, 3.8) is 0 Å². The van der Waals surface area contributed by atoms with E-state index in [0.29, 0.717) is 39.9 Å². The lowest BCUT2D eigenvalue weighted by molar-refractivity contribution is -0.245. The minimum Gasteiger partial charge on any atom is -0.393 e. The molecule has 5 fully saturated rings. The lowest BCUT2D eigenvalue weighted by Gasteiger charge is -2.72. The Hall–Kier alpha value is -0.630. The summed E-state index contributed by atoms with van der Waals surface area (Å²) in [5.41, 5.74) is 2.20. The van der Waals surface area contributed by atoms with Crippen LogP contribution in [0.15, 0.2) is 12.2 Å². The van der Waals surface area contributed by atoms with Gasteiger partial charge < -0.3 is 9.90 Å². The molecule has 0 radical (unpaired) electrons. The van der Waals surface area contributed by atoms with Crippen molar-refractivity contribution in [3.8, 4) is 0 Å². The Morgan fingerprint density at radius 1 is 0.844 bits per heavy atom. The van der Waals surface area contributed by atoms with Crippen molar-refractivity contribution in [2.45, 2.75) is 112 Å². The van der Waals surface area contributed by atoms with Gasteiger partial charge in [-0.05, 0) is 122 Å². The predicted molar refractivity (Wildman–Crippen MR) is 131 cm³/mol. The monoisotopic (exact) mass is 440 g/mol. The van der Waals surface area contributed by atoms with Crippen LogP contribution >= 0.6 is 0 Å². The third-order valence-corrected chi connectivity index (χ3v) is 13.3. The highest BCUT2D eigenvalue weighted by Gasteiger charge is 2.70. The number of fused-ring (bicyclic) bond motifs is 7. The molecular formula is C30H48O2.